The summed E-state index contributed by atoms with van der Waals surface area (Å²) in [5.41, 5.74) is 0.689. The molecule has 1 saturated carbocycles. The fraction of sp³-hybridized carbons (Fsp3) is 0.647. The van der Waals surface area contributed by atoms with Crippen molar-refractivity contribution in [2.24, 2.45) is 0 Å². The van der Waals surface area contributed by atoms with Crippen LogP contribution in [0.1, 0.15) is 68.0 Å². The van der Waals surface area contributed by atoms with Crippen molar-refractivity contribution < 1.29 is 0 Å². The predicted molar refractivity (Wildman–Crippen MR) is 89.9 cm³/mol. The Balaban J connectivity index is 1.53. The van der Waals surface area contributed by atoms with Crippen LogP contribution in [0, 0.1) is 6.92 Å². The van der Waals surface area contributed by atoms with Gasteiger partial charge in [-0.05, 0) is 46.1 Å². The molecule has 1 aliphatic carbocycles. The van der Waals surface area contributed by atoms with E-state index < -0.39 is 0 Å². The second kappa shape index (κ2) is 6.12. The normalized spacial score (nSPS) is 23.3. The molecule has 2 aliphatic rings. The lowest BCUT2D eigenvalue weighted by atomic mass is 9.95. The summed E-state index contributed by atoms with van der Waals surface area (Å²) in [5.74, 6) is 2.28. The standard InChI is InChI=1S/C17H24N6O/c1-11-8-15(24)20-16(19-11)12(2)22-7-3-4-13(9-22)17-21-18-10-23(17)14-5-6-14/h8,10,12-14H,3-7,9H2,1-2H3,(H,19,20,24)/t12-,13-/m0/s1. The van der Waals surface area contributed by atoms with Gasteiger partial charge < -0.3 is 9.55 Å². The van der Waals surface area contributed by atoms with Gasteiger partial charge in [-0.3, -0.25) is 9.69 Å². The third-order valence-electron chi connectivity index (χ3n) is 5.19. The summed E-state index contributed by atoms with van der Waals surface area (Å²) in [7, 11) is 0. The van der Waals surface area contributed by atoms with E-state index in [1.54, 1.807) is 0 Å². The molecule has 128 valence electrons. The van der Waals surface area contributed by atoms with E-state index in [2.05, 4.69) is 36.6 Å². The second-order valence-corrected chi connectivity index (χ2v) is 7.11. The highest BCUT2D eigenvalue weighted by Gasteiger charge is 2.33. The highest BCUT2D eigenvalue weighted by molar-refractivity contribution is 5.07. The molecular formula is C17H24N6O. The third kappa shape index (κ3) is 3.00. The molecule has 1 aliphatic heterocycles. The van der Waals surface area contributed by atoms with Gasteiger partial charge in [-0.1, -0.05) is 0 Å². The molecule has 2 fully saturated rings. The fourth-order valence-electron chi connectivity index (χ4n) is 3.72. The van der Waals surface area contributed by atoms with Crippen LogP contribution in [0.5, 0.6) is 0 Å². The molecule has 0 radical (unpaired) electrons. The van der Waals surface area contributed by atoms with Crippen molar-refractivity contribution >= 4 is 0 Å². The molecule has 1 saturated heterocycles. The average Bonchev–Trinajstić information content (AvgIpc) is 3.30. The van der Waals surface area contributed by atoms with E-state index in [1.807, 2.05) is 13.3 Å². The SMILES string of the molecule is Cc1cc(=O)[nH]c([C@H](C)N2CCC[C@H](c3nncn3C3CC3)C2)n1. The van der Waals surface area contributed by atoms with Crippen molar-refractivity contribution in [3.8, 4) is 0 Å². The van der Waals surface area contributed by atoms with E-state index in [-0.39, 0.29) is 11.6 Å². The number of likely N-dealkylation sites (tertiary alicyclic amines) is 1. The topological polar surface area (TPSA) is 79.7 Å². The van der Waals surface area contributed by atoms with Crippen LogP contribution in [0.15, 0.2) is 17.2 Å². The first kappa shape index (κ1) is 15.5. The molecule has 2 atom stereocenters. The Morgan fingerprint density at radius 3 is 2.92 bits per heavy atom. The lowest BCUT2D eigenvalue weighted by molar-refractivity contribution is 0.148. The maximum absolute atomic E-state index is 11.7. The Bertz CT molecular complexity index is 777. The summed E-state index contributed by atoms with van der Waals surface area (Å²) in [6.07, 6.45) is 6.64. The van der Waals surface area contributed by atoms with Crippen LogP contribution in [0.3, 0.4) is 0 Å². The Hall–Kier alpha value is -2.02. The summed E-state index contributed by atoms with van der Waals surface area (Å²) in [6, 6.07) is 2.24. The number of hydrogen-bond donors (Lipinski definition) is 1. The van der Waals surface area contributed by atoms with Crippen molar-refractivity contribution in [3.63, 3.8) is 0 Å². The number of nitrogens with zero attached hydrogens (tertiary/aromatic N) is 5. The summed E-state index contributed by atoms with van der Waals surface area (Å²) in [4.78, 5) is 21.6. The largest absolute Gasteiger partial charge is 0.314 e. The van der Waals surface area contributed by atoms with Crippen molar-refractivity contribution in [2.75, 3.05) is 13.1 Å². The monoisotopic (exact) mass is 328 g/mol. The van der Waals surface area contributed by atoms with E-state index in [4.69, 9.17) is 0 Å². The quantitative estimate of drug-likeness (QED) is 0.928. The molecule has 0 amide bonds. The third-order valence-corrected chi connectivity index (χ3v) is 5.19. The van der Waals surface area contributed by atoms with Gasteiger partial charge in [0.1, 0.15) is 18.0 Å². The highest BCUT2D eigenvalue weighted by atomic mass is 16.1. The minimum absolute atomic E-state index is 0.0774. The molecule has 0 bridgehead atoms. The predicted octanol–water partition coefficient (Wildman–Crippen LogP) is 1.95. The summed E-state index contributed by atoms with van der Waals surface area (Å²) in [6.45, 7) is 5.94. The van der Waals surface area contributed by atoms with Crippen LogP contribution in [-0.4, -0.2) is 42.7 Å². The number of aromatic nitrogens is 5. The Labute approximate surface area is 141 Å². The van der Waals surface area contributed by atoms with Crippen LogP contribution in [0.25, 0.3) is 0 Å². The minimum atomic E-state index is -0.0774. The fourth-order valence-corrected chi connectivity index (χ4v) is 3.72. The molecule has 0 unspecified atom stereocenters. The molecule has 2 aromatic rings. The van der Waals surface area contributed by atoms with Crippen LogP contribution < -0.4 is 5.56 Å². The lowest BCUT2D eigenvalue weighted by Gasteiger charge is -2.36. The maximum atomic E-state index is 11.7. The van der Waals surface area contributed by atoms with Gasteiger partial charge in [0.15, 0.2) is 0 Å². The lowest BCUT2D eigenvalue weighted by Crippen LogP contribution is -2.38. The van der Waals surface area contributed by atoms with E-state index in [9.17, 15) is 4.79 Å². The van der Waals surface area contributed by atoms with Gasteiger partial charge in [0.2, 0.25) is 0 Å². The molecule has 2 aromatic heterocycles. The molecule has 24 heavy (non-hydrogen) atoms. The molecular weight excluding hydrogens is 304 g/mol. The number of rotatable bonds is 4. The summed E-state index contributed by atoms with van der Waals surface area (Å²) in [5, 5.41) is 8.55. The van der Waals surface area contributed by atoms with Gasteiger partial charge in [0.05, 0.1) is 6.04 Å². The van der Waals surface area contributed by atoms with Crippen LogP contribution in [0.2, 0.25) is 0 Å². The molecule has 3 heterocycles. The highest BCUT2D eigenvalue weighted by Crippen LogP contribution is 2.38. The smallest absolute Gasteiger partial charge is 0.251 e. The zero-order valence-electron chi connectivity index (χ0n) is 14.3. The number of nitrogens with one attached hydrogen (secondary N) is 1. The Kier molecular flexibility index (Phi) is 3.96. The maximum Gasteiger partial charge on any atom is 0.251 e. The number of aryl methyl sites for hydroxylation is 1. The molecule has 7 nitrogen and oxygen atoms in total. The number of aromatic amines is 1. The van der Waals surface area contributed by atoms with Gasteiger partial charge in [-0.15, -0.1) is 10.2 Å². The van der Waals surface area contributed by atoms with Crippen LogP contribution >= 0.6 is 0 Å². The number of H-pyrrole nitrogens is 1. The van der Waals surface area contributed by atoms with Crippen molar-refractivity contribution in [3.05, 3.63) is 40.1 Å². The first-order valence-electron chi connectivity index (χ1n) is 8.83. The molecule has 1 N–H and O–H groups in total. The average molecular weight is 328 g/mol. The Morgan fingerprint density at radius 1 is 1.33 bits per heavy atom. The first-order valence-corrected chi connectivity index (χ1v) is 8.83. The van der Waals surface area contributed by atoms with Gasteiger partial charge in [-0.25, -0.2) is 4.98 Å². The van der Waals surface area contributed by atoms with Crippen molar-refractivity contribution in [2.45, 2.75) is 57.5 Å². The van der Waals surface area contributed by atoms with Crippen molar-refractivity contribution in [1.82, 2.24) is 29.6 Å². The van der Waals surface area contributed by atoms with E-state index >= 15 is 0 Å². The van der Waals surface area contributed by atoms with E-state index in [1.165, 1.54) is 18.9 Å². The minimum Gasteiger partial charge on any atom is -0.314 e. The zero-order valence-corrected chi connectivity index (χ0v) is 14.3. The Morgan fingerprint density at radius 2 is 2.17 bits per heavy atom. The van der Waals surface area contributed by atoms with E-state index in [0.717, 1.165) is 43.3 Å². The number of piperidine rings is 1. The molecule has 0 spiro atoms. The van der Waals surface area contributed by atoms with Crippen molar-refractivity contribution in [1.29, 1.82) is 0 Å². The van der Waals surface area contributed by atoms with Gasteiger partial charge in [0.25, 0.3) is 5.56 Å². The summed E-state index contributed by atoms with van der Waals surface area (Å²) >= 11 is 0. The van der Waals surface area contributed by atoms with Crippen LogP contribution in [-0.2, 0) is 0 Å². The van der Waals surface area contributed by atoms with Gasteiger partial charge >= 0.3 is 0 Å². The summed E-state index contributed by atoms with van der Waals surface area (Å²) < 4.78 is 2.27. The molecule has 7 heteroatoms. The first-order chi connectivity index (χ1) is 11.6. The van der Waals surface area contributed by atoms with E-state index in [0.29, 0.717) is 12.0 Å². The van der Waals surface area contributed by atoms with Crippen LogP contribution in [0.4, 0.5) is 0 Å². The number of hydrogen-bond acceptors (Lipinski definition) is 5. The second-order valence-electron chi connectivity index (χ2n) is 7.11. The van der Waals surface area contributed by atoms with Gasteiger partial charge in [0, 0.05) is 30.3 Å². The zero-order chi connectivity index (χ0) is 16.7. The molecule has 0 aromatic carbocycles. The van der Waals surface area contributed by atoms with Gasteiger partial charge in [-0.2, -0.15) is 0 Å². The molecule has 4 rings (SSSR count).